The van der Waals surface area contributed by atoms with Gasteiger partial charge in [-0.05, 0) is 18.9 Å². The van der Waals surface area contributed by atoms with Gasteiger partial charge in [0, 0.05) is 38.2 Å². The van der Waals surface area contributed by atoms with Crippen molar-refractivity contribution in [2.45, 2.75) is 25.8 Å². The molecule has 0 atom stereocenters. The number of hydrogen-bond acceptors (Lipinski definition) is 3. The van der Waals surface area contributed by atoms with Crippen molar-refractivity contribution in [1.29, 1.82) is 0 Å². The molecule has 0 radical (unpaired) electrons. The summed E-state index contributed by atoms with van der Waals surface area (Å²) in [5, 5.41) is 4.86. The van der Waals surface area contributed by atoms with E-state index in [1.165, 1.54) is 6.07 Å². The quantitative estimate of drug-likeness (QED) is 0.594. The van der Waals surface area contributed by atoms with Crippen LogP contribution >= 0.6 is 0 Å². The summed E-state index contributed by atoms with van der Waals surface area (Å²) in [5.41, 5.74) is 0.321. The molecule has 0 saturated carbocycles. The van der Waals surface area contributed by atoms with Crippen molar-refractivity contribution in [2.75, 3.05) is 19.6 Å². The average Bonchev–Trinajstić information content (AvgIpc) is 2.95. The van der Waals surface area contributed by atoms with Crippen molar-refractivity contribution in [3.05, 3.63) is 35.6 Å². The van der Waals surface area contributed by atoms with Gasteiger partial charge >= 0.3 is 11.8 Å². The monoisotopic (exact) mass is 321 g/mol. The van der Waals surface area contributed by atoms with Gasteiger partial charge in [-0.2, -0.15) is 0 Å². The van der Waals surface area contributed by atoms with Crippen molar-refractivity contribution < 1.29 is 18.8 Å². The van der Waals surface area contributed by atoms with Crippen LogP contribution in [0.15, 0.2) is 24.3 Å². The molecule has 1 aliphatic heterocycles. The van der Waals surface area contributed by atoms with Crippen molar-refractivity contribution >= 4 is 17.7 Å². The first-order chi connectivity index (χ1) is 11.1. The van der Waals surface area contributed by atoms with E-state index in [4.69, 9.17) is 0 Å². The fourth-order valence-corrected chi connectivity index (χ4v) is 2.39. The second kappa shape index (κ2) is 8.26. The fourth-order valence-electron chi connectivity index (χ4n) is 2.39. The summed E-state index contributed by atoms with van der Waals surface area (Å²) in [5.74, 6) is -1.85. The van der Waals surface area contributed by atoms with Gasteiger partial charge in [0.2, 0.25) is 5.91 Å². The van der Waals surface area contributed by atoms with E-state index in [9.17, 15) is 18.8 Å². The molecule has 1 aliphatic rings. The number of carbonyl (C=O) groups excluding carboxylic acids is 3. The van der Waals surface area contributed by atoms with Crippen LogP contribution in [0.2, 0.25) is 0 Å². The van der Waals surface area contributed by atoms with Gasteiger partial charge in [0.1, 0.15) is 5.82 Å². The number of halogens is 1. The molecule has 1 heterocycles. The molecule has 1 fully saturated rings. The molecule has 1 aromatic rings. The number of rotatable bonds is 6. The summed E-state index contributed by atoms with van der Waals surface area (Å²) in [6, 6.07) is 6.05. The first kappa shape index (κ1) is 16.9. The predicted octanol–water partition coefficient (Wildman–Crippen LogP) is 0.571. The highest BCUT2D eigenvalue weighted by atomic mass is 19.1. The van der Waals surface area contributed by atoms with Crippen LogP contribution in [-0.2, 0) is 20.9 Å². The minimum atomic E-state index is -0.800. The molecule has 2 N–H and O–H groups in total. The minimum Gasteiger partial charge on any atom is -0.348 e. The van der Waals surface area contributed by atoms with E-state index in [1.807, 2.05) is 0 Å². The van der Waals surface area contributed by atoms with E-state index >= 15 is 0 Å². The molecule has 0 bridgehead atoms. The van der Waals surface area contributed by atoms with Crippen LogP contribution in [0.3, 0.4) is 0 Å². The Kier molecular flexibility index (Phi) is 6.08. The van der Waals surface area contributed by atoms with Crippen LogP contribution in [-0.4, -0.2) is 42.3 Å². The maximum Gasteiger partial charge on any atom is 0.309 e. The van der Waals surface area contributed by atoms with Gasteiger partial charge in [-0.25, -0.2) is 4.39 Å². The van der Waals surface area contributed by atoms with E-state index in [-0.39, 0.29) is 12.5 Å². The lowest BCUT2D eigenvalue weighted by atomic mass is 10.2. The van der Waals surface area contributed by atoms with Crippen LogP contribution in [0.1, 0.15) is 24.8 Å². The molecule has 7 heteroatoms. The number of nitrogens with one attached hydrogen (secondary N) is 2. The Bertz CT molecular complexity index is 592. The Balaban J connectivity index is 1.64. The summed E-state index contributed by atoms with van der Waals surface area (Å²) >= 11 is 0. The number of carbonyl (C=O) groups is 3. The Morgan fingerprint density at radius 2 is 1.91 bits per heavy atom. The normalized spacial score (nSPS) is 14.0. The molecular weight excluding hydrogens is 301 g/mol. The van der Waals surface area contributed by atoms with Crippen LogP contribution in [0.5, 0.6) is 0 Å². The molecule has 1 saturated heterocycles. The predicted molar refractivity (Wildman–Crippen MR) is 81.7 cm³/mol. The van der Waals surface area contributed by atoms with Crippen molar-refractivity contribution in [1.82, 2.24) is 15.5 Å². The summed E-state index contributed by atoms with van der Waals surface area (Å²) in [6.45, 7) is 1.61. The zero-order chi connectivity index (χ0) is 16.7. The molecule has 0 aliphatic carbocycles. The lowest BCUT2D eigenvalue weighted by Crippen LogP contribution is -2.40. The van der Waals surface area contributed by atoms with E-state index in [1.54, 1.807) is 23.1 Å². The summed E-state index contributed by atoms with van der Waals surface area (Å²) in [6.07, 6.45) is 2.06. The second-order valence-corrected chi connectivity index (χ2v) is 5.37. The molecule has 23 heavy (non-hydrogen) atoms. The molecule has 0 aromatic heterocycles. The molecule has 2 rings (SSSR count). The van der Waals surface area contributed by atoms with Crippen molar-refractivity contribution in [2.24, 2.45) is 0 Å². The number of nitrogens with zero attached hydrogens (tertiary/aromatic N) is 1. The summed E-state index contributed by atoms with van der Waals surface area (Å²) in [7, 11) is 0. The maximum absolute atomic E-state index is 13.4. The Morgan fingerprint density at radius 1 is 1.17 bits per heavy atom. The zero-order valence-electron chi connectivity index (χ0n) is 12.8. The molecule has 1 aromatic carbocycles. The zero-order valence-corrected chi connectivity index (χ0v) is 12.8. The third-order valence-electron chi connectivity index (χ3n) is 3.67. The number of hydrogen-bond donors (Lipinski definition) is 2. The lowest BCUT2D eigenvalue weighted by molar-refractivity contribution is -0.139. The molecule has 3 amide bonds. The van der Waals surface area contributed by atoms with Gasteiger partial charge in [0.25, 0.3) is 0 Å². The van der Waals surface area contributed by atoms with E-state index in [0.717, 1.165) is 13.0 Å². The molecule has 124 valence electrons. The summed E-state index contributed by atoms with van der Waals surface area (Å²) in [4.78, 5) is 36.4. The van der Waals surface area contributed by atoms with Crippen LogP contribution in [0.4, 0.5) is 4.39 Å². The largest absolute Gasteiger partial charge is 0.348 e. The number of likely N-dealkylation sites (tertiary alicyclic amines) is 1. The highest BCUT2D eigenvalue weighted by Crippen LogP contribution is 2.09. The standard InChI is InChI=1S/C16H20FN3O3/c17-13-6-2-1-5-12(13)11-19-16(23)15(22)18-8-4-10-20-9-3-7-14(20)21/h1-2,5-6H,3-4,7-11H2,(H,18,22)(H,19,23). The van der Waals surface area contributed by atoms with E-state index in [2.05, 4.69) is 10.6 Å². The minimum absolute atomic E-state index is 0.0405. The second-order valence-electron chi connectivity index (χ2n) is 5.37. The van der Waals surface area contributed by atoms with Crippen LogP contribution in [0, 0.1) is 5.82 Å². The van der Waals surface area contributed by atoms with Gasteiger partial charge in [0.15, 0.2) is 0 Å². The van der Waals surface area contributed by atoms with Crippen LogP contribution in [0.25, 0.3) is 0 Å². The highest BCUT2D eigenvalue weighted by Gasteiger charge is 2.19. The van der Waals surface area contributed by atoms with E-state index in [0.29, 0.717) is 31.5 Å². The SMILES string of the molecule is O=C(NCCCN1CCCC1=O)C(=O)NCc1ccccc1F. The smallest absolute Gasteiger partial charge is 0.309 e. The Labute approximate surface area is 134 Å². The topological polar surface area (TPSA) is 78.5 Å². The van der Waals surface area contributed by atoms with Gasteiger partial charge < -0.3 is 15.5 Å². The molecule has 0 unspecified atom stereocenters. The van der Waals surface area contributed by atoms with Gasteiger partial charge in [-0.15, -0.1) is 0 Å². The van der Waals surface area contributed by atoms with Gasteiger partial charge in [-0.3, -0.25) is 14.4 Å². The van der Waals surface area contributed by atoms with Gasteiger partial charge in [-0.1, -0.05) is 18.2 Å². The molecular formula is C16H20FN3O3. The first-order valence-corrected chi connectivity index (χ1v) is 7.65. The van der Waals surface area contributed by atoms with Crippen molar-refractivity contribution in [3.63, 3.8) is 0 Å². The van der Waals surface area contributed by atoms with Gasteiger partial charge in [0.05, 0.1) is 0 Å². The lowest BCUT2D eigenvalue weighted by Gasteiger charge is -2.15. The summed E-state index contributed by atoms with van der Waals surface area (Å²) < 4.78 is 13.4. The van der Waals surface area contributed by atoms with E-state index < -0.39 is 17.6 Å². The average molecular weight is 321 g/mol. The molecule has 0 spiro atoms. The Morgan fingerprint density at radius 3 is 2.61 bits per heavy atom. The van der Waals surface area contributed by atoms with Crippen LogP contribution < -0.4 is 10.6 Å². The third-order valence-corrected chi connectivity index (χ3v) is 3.67. The number of amides is 3. The maximum atomic E-state index is 13.4. The third kappa shape index (κ3) is 5.05. The number of benzene rings is 1. The fraction of sp³-hybridized carbons (Fsp3) is 0.438. The van der Waals surface area contributed by atoms with Crippen molar-refractivity contribution in [3.8, 4) is 0 Å². The first-order valence-electron chi connectivity index (χ1n) is 7.65. The molecule has 6 nitrogen and oxygen atoms in total. The Hall–Kier alpha value is -2.44. The highest BCUT2D eigenvalue weighted by molar-refractivity contribution is 6.35.